The van der Waals surface area contributed by atoms with Crippen LogP contribution in [-0.2, 0) is 6.42 Å². The predicted molar refractivity (Wildman–Crippen MR) is 92.9 cm³/mol. The molecule has 0 unspecified atom stereocenters. The van der Waals surface area contributed by atoms with Gasteiger partial charge in [0.15, 0.2) is 0 Å². The van der Waals surface area contributed by atoms with Crippen molar-refractivity contribution in [3.63, 3.8) is 0 Å². The molecule has 0 aliphatic heterocycles. The lowest BCUT2D eigenvalue weighted by Gasteiger charge is -2.07. The highest BCUT2D eigenvalue weighted by atomic mass is 32.2. The average molecular weight is 290 g/mol. The highest BCUT2D eigenvalue weighted by Crippen LogP contribution is 2.22. The van der Waals surface area contributed by atoms with Crippen molar-refractivity contribution < 1.29 is 0 Å². The third kappa shape index (κ3) is 3.56. The Kier molecular flexibility index (Phi) is 4.42. The quantitative estimate of drug-likeness (QED) is 0.558. The van der Waals surface area contributed by atoms with Crippen molar-refractivity contribution in [1.82, 2.24) is 0 Å². The van der Waals surface area contributed by atoms with Crippen molar-refractivity contribution in [1.29, 1.82) is 0 Å². The van der Waals surface area contributed by atoms with Crippen molar-refractivity contribution in [2.45, 2.75) is 11.3 Å². The minimum absolute atomic E-state index is 0.981. The number of rotatable bonds is 4. The molecule has 0 aliphatic rings. The normalized spacial score (nSPS) is 10.5. The lowest BCUT2D eigenvalue weighted by molar-refractivity contribution is 1.17. The maximum atomic E-state index is 2.29. The Labute approximate surface area is 130 Å². The smallest absolute Gasteiger partial charge is 0.00719 e. The summed E-state index contributed by atoms with van der Waals surface area (Å²) in [5.41, 5.74) is 5.29. The van der Waals surface area contributed by atoms with Crippen molar-refractivity contribution >= 4 is 11.8 Å². The van der Waals surface area contributed by atoms with E-state index in [1.807, 2.05) is 0 Å². The summed E-state index contributed by atoms with van der Waals surface area (Å²) in [6, 6.07) is 28.2. The minimum atomic E-state index is 0.981. The summed E-state index contributed by atoms with van der Waals surface area (Å²) in [5, 5.41) is 0. The van der Waals surface area contributed by atoms with Crippen molar-refractivity contribution in [2.24, 2.45) is 0 Å². The average Bonchev–Trinajstić information content (AvgIpc) is 2.56. The molecule has 0 saturated carbocycles. The largest absolute Gasteiger partial charge is 0.130 e. The van der Waals surface area contributed by atoms with E-state index >= 15 is 0 Å². The van der Waals surface area contributed by atoms with Gasteiger partial charge < -0.3 is 0 Å². The van der Waals surface area contributed by atoms with Gasteiger partial charge in [-0.15, -0.1) is 11.8 Å². The van der Waals surface area contributed by atoms with Crippen LogP contribution in [0, 0.1) is 0 Å². The SMILES string of the molecule is CSc1cccc(Cc2cccc(-c3ccccc3)c2)c1. The number of thioether (sulfide) groups is 1. The third-order valence-corrected chi connectivity index (χ3v) is 4.30. The second-order valence-electron chi connectivity index (χ2n) is 5.09. The van der Waals surface area contributed by atoms with Gasteiger partial charge in [0.05, 0.1) is 0 Å². The maximum Gasteiger partial charge on any atom is 0.00719 e. The van der Waals surface area contributed by atoms with E-state index in [-0.39, 0.29) is 0 Å². The van der Waals surface area contributed by atoms with Gasteiger partial charge >= 0.3 is 0 Å². The number of hydrogen-bond acceptors (Lipinski definition) is 1. The lowest BCUT2D eigenvalue weighted by Crippen LogP contribution is -1.89. The van der Waals surface area contributed by atoms with Crippen LogP contribution in [0.25, 0.3) is 11.1 Å². The minimum Gasteiger partial charge on any atom is -0.130 e. The van der Waals surface area contributed by atoms with Crippen LogP contribution in [0.2, 0.25) is 0 Å². The Balaban J connectivity index is 1.86. The Morgan fingerprint density at radius 3 is 2.10 bits per heavy atom. The highest BCUT2D eigenvalue weighted by molar-refractivity contribution is 7.98. The van der Waals surface area contributed by atoms with E-state index in [1.54, 1.807) is 11.8 Å². The zero-order chi connectivity index (χ0) is 14.5. The van der Waals surface area contributed by atoms with Gasteiger partial charge in [0.1, 0.15) is 0 Å². The molecule has 0 bridgehead atoms. The molecule has 0 fully saturated rings. The fourth-order valence-corrected chi connectivity index (χ4v) is 2.99. The Hall–Kier alpha value is -1.99. The predicted octanol–water partition coefficient (Wildman–Crippen LogP) is 5.67. The third-order valence-electron chi connectivity index (χ3n) is 3.58. The fraction of sp³-hybridized carbons (Fsp3) is 0.100. The van der Waals surface area contributed by atoms with Gasteiger partial charge in [0, 0.05) is 4.90 Å². The van der Waals surface area contributed by atoms with E-state index in [2.05, 4.69) is 85.1 Å². The molecule has 0 saturated heterocycles. The van der Waals surface area contributed by atoms with Crippen LogP contribution in [0.15, 0.2) is 83.8 Å². The summed E-state index contributed by atoms with van der Waals surface area (Å²) >= 11 is 1.79. The molecule has 1 heteroatoms. The van der Waals surface area contributed by atoms with E-state index in [4.69, 9.17) is 0 Å². The summed E-state index contributed by atoms with van der Waals surface area (Å²) < 4.78 is 0. The molecule has 0 amide bonds. The molecule has 0 N–H and O–H groups in total. The molecule has 0 atom stereocenters. The van der Waals surface area contributed by atoms with Gasteiger partial charge in [-0.1, -0.05) is 66.7 Å². The second-order valence-corrected chi connectivity index (χ2v) is 5.97. The molecule has 21 heavy (non-hydrogen) atoms. The summed E-state index contributed by atoms with van der Waals surface area (Å²) in [6.45, 7) is 0. The van der Waals surface area contributed by atoms with Crippen molar-refractivity contribution in [3.8, 4) is 11.1 Å². The monoisotopic (exact) mass is 290 g/mol. The van der Waals surface area contributed by atoms with Crippen LogP contribution in [0.3, 0.4) is 0 Å². The van der Waals surface area contributed by atoms with Crippen molar-refractivity contribution in [3.05, 3.63) is 90.0 Å². The molecule has 3 rings (SSSR count). The Bertz CT molecular complexity index is 717. The first-order valence-corrected chi connectivity index (χ1v) is 8.35. The maximum absolute atomic E-state index is 2.29. The molecule has 0 radical (unpaired) electrons. The van der Waals surface area contributed by atoms with Crippen LogP contribution >= 0.6 is 11.8 Å². The van der Waals surface area contributed by atoms with Crippen LogP contribution < -0.4 is 0 Å². The molecule has 0 spiro atoms. The summed E-state index contributed by atoms with van der Waals surface area (Å²) in [6.07, 6.45) is 3.10. The van der Waals surface area contributed by atoms with Crippen LogP contribution in [0.5, 0.6) is 0 Å². The first-order chi connectivity index (χ1) is 10.3. The number of hydrogen-bond donors (Lipinski definition) is 0. The zero-order valence-corrected chi connectivity index (χ0v) is 12.9. The topological polar surface area (TPSA) is 0 Å². The molecular weight excluding hydrogens is 272 g/mol. The summed E-state index contributed by atoms with van der Waals surface area (Å²) in [4.78, 5) is 1.33. The van der Waals surface area contributed by atoms with Crippen LogP contribution in [-0.4, -0.2) is 6.26 Å². The lowest BCUT2D eigenvalue weighted by atomic mass is 9.99. The molecule has 0 aromatic heterocycles. The van der Waals surface area contributed by atoms with E-state index in [0.29, 0.717) is 0 Å². The Morgan fingerprint density at radius 2 is 1.33 bits per heavy atom. The van der Waals surface area contributed by atoms with E-state index in [0.717, 1.165) is 6.42 Å². The first-order valence-electron chi connectivity index (χ1n) is 7.12. The first kappa shape index (κ1) is 14.0. The molecule has 0 nitrogen and oxygen atoms in total. The molecule has 0 heterocycles. The highest BCUT2D eigenvalue weighted by Gasteiger charge is 2.01. The van der Waals surface area contributed by atoms with Gasteiger partial charge in [0.25, 0.3) is 0 Å². The summed E-state index contributed by atoms with van der Waals surface area (Å²) in [5.74, 6) is 0. The van der Waals surface area contributed by atoms with Crippen LogP contribution in [0.4, 0.5) is 0 Å². The zero-order valence-electron chi connectivity index (χ0n) is 12.1. The van der Waals surface area contributed by atoms with Gasteiger partial charge in [-0.2, -0.15) is 0 Å². The fourth-order valence-electron chi connectivity index (χ4n) is 2.51. The summed E-state index contributed by atoms with van der Waals surface area (Å²) in [7, 11) is 0. The van der Waals surface area contributed by atoms with Gasteiger partial charge in [-0.25, -0.2) is 0 Å². The molecule has 3 aromatic rings. The van der Waals surface area contributed by atoms with Gasteiger partial charge in [0.2, 0.25) is 0 Å². The molecule has 0 aliphatic carbocycles. The Morgan fingerprint density at radius 1 is 0.667 bits per heavy atom. The van der Waals surface area contributed by atoms with Gasteiger partial charge in [-0.05, 0) is 47.1 Å². The molecular formula is C20H18S. The van der Waals surface area contributed by atoms with Crippen molar-refractivity contribution in [2.75, 3.05) is 6.26 Å². The van der Waals surface area contributed by atoms with Crippen LogP contribution in [0.1, 0.15) is 11.1 Å². The second kappa shape index (κ2) is 6.64. The molecule has 3 aromatic carbocycles. The standard InChI is InChI=1S/C20H18S/c1-21-20-12-6-8-17(15-20)13-16-7-5-11-19(14-16)18-9-3-2-4-10-18/h2-12,14-15H,13H2,1H3. The molecule has 104 valence electrons. The number of benzene rings is 3. The van der Waals surface area contributed by atoms with E-state index in [9.17, 15) is 0 Å². The van der Waals surface area contributed by atoms with E-state index < -0.39 is 0 Å². The van der Waals surface area contributed by atoms with E-state index in [1.165, 1.54) is 27.1 Å². The van der Waals surface area contributed by atoms with Gasteiger partial charge in [-0.3, -0.25) is 0 Å².